The van der Waals surface area contributed by atoms with Crippen LogP contribution in [0, 0.1) is 5.92 Å². The van der Waals surface area contributed by atoms with Crippen molar-refractivity contribution in [1.82, 2.24) is 4.98 Å². The van der Waals surface area contributed by atoms with Crippen molar-refractivity contribution in [3.8, 4) is 0 Å². The highest BCUT2D eigenvalue weighted by Crippen LogP contribution is 2.27. The van der Waals surface area contributed by atoms with Gasteiger partial charge in [-0.05, 0) is 42.8 Å². The van der Waals surface area contributed by atoms with Gasteiger partial charge in [0.2, 0.25) is 0 Å². The number of aromatic nitrogens is 1. The fourth-order valence-corrected chi connectivity index (χ4v) is 3.00. The number of benzene rings is 1. The van der Waals surface area contributed by atoms with E-state index in [1.807, 2.05) is 30.3 Å². The van der Waals surface area contributed by atoms with Crippen molar-refractivity contribution >= 4 is 16.6 Å². The van der Waals surface area contributed by atoms with Gasteiger partial charge in [0.1, 0.15) is 5.82 Å². The van der Waals surface area contributed by atoms with Crippen molar-refractivity contribution in [2.24, 2.45) is 11.7 Å². The summed E-state index contributed by atoms with van der Waals surface area (Å²) in [5, 5.41) is 5.14. The van der Waals surface area contributed by atoms with Crippen LogP contribution in [0.15, 0.2) is 35.1 Å². The molecule has 1 aromatic heterocycles. The largest absolute Gasteiger partial charge is 0.368 e. The van der Waals surface area contributed by atoms with E-state index in [-0.39, 0.29) is 5.56 Å². The van der Waals surface area contributed by atoms with E-state index in [9.17, 15) is 4.79 Å². The lowest BCUT2D eigenvalue weighted by Crippen LogP contribution is -2.30. The van der Waals surface area contributed by atoms with Crippen LogP contribution < -0.4 is 16.6 Å². The minimum absolute atomic E-state index is 0.0390. The van der Waals surface area contributed by atoms with Crippen molar-refractivity contribution in [2.75, 3.05) is 11.9 Å². The normalized spacial score (nSPS) is 22.8. The van der Waals surface area contributed by atoms with Gasteiger partial charge in [-0.25, -0.2) is 0 Å². The quantitative estimate of drug-likeness (QED) is 0.788. The molecule has 4 nitrogen and oxygen atoms in total. The Morgan fingerprint density at radius 3 is 3.00 bits per heavy atom. The van der Waals surface area contributed by atoms with Crippen molar-refractivity contribution in [3.63, 3.8) is 0 Å². The lowest BCUT2D eigenvalue weighted by atomic mass is 10.0. The molecule has 19 heavy (non-hydrogen) atoms. The Morgan fingerprint density at radius 1 is 1.32 bits per heavy atom. The van der Waals surface area contributed by atoms with E-state index in [0.717, 1.165) is 23.0 Å². The van der Waals surface area contributed by atoms with Gasteiger partial charge in [-0.15, -0.1) is 0 Å². The van der Waals surface area contributed by atoms with Crippen molar-refractivity contribution in [3.05, 3.63) is 40.7 Å². The van der Waals surface area contributed by atoms with E-state index < -0.39 is 0 Å². The lowest BCUT2D eigenvalue weighted by molar-refractivity contribution is 0.515. The molecule has 2 unspecified atom stereocenters. The summed E-state index contributed by atoms with van der Waals surface area (Å²) < 4.78 is 0. The van der Waals surface area contributed by atoms with E-state index in [4.69, 9.17) is 5.73 Å². The molecule has 1 aliphatic rings. The molecule has 3 rings (SSSR count). The maximum atomic E-state index is 12.0. The molecule has 0 bridgehead atoms. The number of anilines is 1. The summed E-state index contributed by atoms with van der Waals surface area (Å²) in [4.78, 5) is 14.9. The zero-order chi connectivity index (χ0) is 13.2. The van der Waals surface area contributed by atoms with Crippen LogP contribution in [0.25, 0.3) is 10.8 Å². The SMILES string of the molecule is NCC1CCCC1Nc1cc2ccccc2c(=O)[nH]1. The fourth-order valence-electron chi connectivity index (χ4n) is 3.00. The first-order valence-electron chi connectivity index (χ1n) is 6.86. The number of aromatic amines is 1. The second kappa shape index (κ2) is 5.05. The van der Waals surface area contributed by atoms with Crippen LogP contribution in [0.1, 0.15) is 19.3 Å². The summed E-state index contributed by atoms with van der Waals surface area (Å²) in [7, 11) is 0. The highest BCUT2D eigenvalue weighted by Gasteiger charge is 2.26. The molecule has 0 radical (unpaired) electrons. The number of nitrogens with two attached hydrogens (primary N) is 1. The summed E-state index contributed by atoms with van der Waals surface area (Å²) in [6.07, 6.45) is 3.50. The third-order valence-corrected chi connectivity index (χ3v) is 4.06. The molecule has 1 heterocycles. The Bertz CT molecular complexity index is 635. The van der Waals surface area contributed by atoms with Crippen LogP contribution in [0.5, 0.6) is 0 Å². The minimum atomic E-state index is -0.0390. The van der Waals surface area contributed by atoms with E-state index >= 15 is 0 Å². The van der Waals surface area contributed by atoms with Gasteiger partial charge >= 0.3 is 0 Å². The topological polar surface area (TPSA) is 70.9 Å². The molecule has 0 aliphatic heterocycles. The zero-order valence-corrected chi connectivity index (χ0v) is 10.9. The number of fused-ring (bicyclic) bond motifs is 1. The Balaban J connectivity index is 1.91. The van der Waals surface area contributed by atoms with E-state index in [2.05, 4.69) is 10.3 Å². The predicted octanol–water partition coefficient (Wildman–Crippen LogP) is 2.07. The molecule has 0 spiro atoms. The standard InChI is InChI=1S/C15H19N3O/c16-9-11-5-3-7-13(11)17-14-8-10-4-1-2-6-12(10)15(19)18-14/h1-2,4,6,8,11,13H,3,5,7,9,16H2,(H2,17,18,19). The van der Waals surface area contributed by atoms with Gasteiger partial charge in [-0.3, -0.25) is 4.79 Å². The first-order chi connectivity index (χ1) is 9.28. The molecule has 4 heteroatoms. The van der Waals surface area contributed by atoms with Gasteiger partial charge in [0.15, 0.2) is 0 Å². The number of pyridine rings is 1. The maximum Gasteiger partial charge on any atom is 0.257 e. The smallest absolute Gasteiger partial charge is 0.257 e. The van der Waals surface area contributed by atoms with Gasteiger partial charge < -0.3 is 16.0 Å². The number of H-pyrrole nitrogens is 1. The van der Waals surface area contributed by atoms with Crippen molar-refractivity contribution < 1.29 is 0 Å². The number of nitrogens with one attached hydrogen (secondary N) is 2. The molecular formula is C15H19N3O. The molecule has 2 aromatic rings. The first-order valence-corrected chi connectivity index (χ1v) is 6.86. The van der Waals surface area contributed by atoms with Crippen LogP contribution >= 0.6 is 0 Å². The molecule has 0 amide bonds. The van der Waals surface area contributed by atoms with Gasteiger partial charge in [0.05, 0.1) is 0 Å². The Labute approximate surface area is 112 Å². The molecule has 1 aromatic carbocycles. The predicted molar refractivity (Wildman–Crippen MR) is 78.4 cm³/mol. The second-order valence-corrected chi connectivity index (χ2v) is 5.28. The van der Waals surface area contributed by atoms with Crippen molar-refractivity contribution in [2.45, 2.75) is 25.3 Å². The van der Waals surface area contributed by atoms with E-state index in [1.165, 1.54) is 12.8 Å². The fraction of sp³-hybridized carbons (Fsp3) is 0.400. The number of hydrogen-bond acceptors (Lipinski definition) is 3. The minimum Gasteiger partial charge on any atom is -0.368 e. The third kappa shape index (κ3) is 2.36. The van der Waals surface area contributed by atoms with Crippen LogP contribution in [0.3, 0.4) is 0 Å². The molecule has 1 saturated carbocycles. The highest BCUT2D eigenvalue weighted by molar-refractivity contribution is 5.83. The van der Waals surface area contributed by atoms with E-state index in [0.29, 0.717) is 18.5 Å². The molecule has 2 atom stereocenters. The molecule has 0 saturated heterocycles. The monoisotopic (exact) mass is 257 g/mol. The Hall–Kier alpha value is -1.81. The zero-order valence-electron chi connectivity index (χ0n) is 10.9. The summed E-state index contributed by atoms with van der Waals surface area (Å²) in [6.45, 7) is 0.704. The second-order valence-electron chi connectivity index (χ2n) is 5.28. The Morgan fingerprint density at radius 2 is 2.16 bits per heavy atom. The molecule has 1 aliphatic carbocycles. The van der Waals surface area contributed by atoms with Gasteiger partial charge in [0.25, 0.3) is 5.56 Å². The summed E-state index contributed by atoms with van der Waals surface area (Å²) in [5.74, 6) is 1.31. The van der Waals surface area contributed by atoms with Crippen LogP contribution in [-0.2, 0) is 0 Å². The summed E-state index contributed by atoms with van der Waals surface area (Å²) >= 11 is 0. The van der Waals surface area contributed by atoms with Gasteiger partial charge in [-0.2, -0.15) is 0 Å². The molecule has 100 valence electrons. The van der Waals surface area contributed by atoms with Crippen LogP contribution in [0.4, 0.5) is 5.82 Å². The highest BCUT2D eigenvalue weighted by atomic mass is 16.1. The molecule has 4 N–H and O–H groups in total. The summed E-state index contributed by atoms with van der Waals surface area (Å²) in [6, 6.07) is 10.0. The maximum absolute atomic E-state index is 12.0. The average Bonchev–Trinajstić information content (AvgIpc) is 2.86. The molecular weight excluding hydrogens is 238 g/mol. The third-order valence-electron chi connectivity index (χ3n) is 4.06. The van der Waals surface area contributed by atoms with Crippen LogP contribution in [-0.4, -0.2) is 17.6 Å². The van der Waals surface area contributed by atoms with Crippen molar-refractivity contribution in [1.29, 1.82) is 0 Å². The number of rotatable bonds is 3. The first kappa shape index (κ1) is 12.2. The van der Waals surface area contributed by atoms with E-state index in [1.54, 1.807) is 0 Å². The summed E-state index contributed by atoms with van der Waals surface area (Å²) in [5.41, 5.74) is 5.75. The Kier molecular flexibility index (Phi) is 3.25. The number of hydrogen-bond donors (Lipinski definition) is 3. The molecule has 1 fully saturated rings. The average molecular weight is 257 g/mol. The van der Waals surface area contributed by atoms with Gasteiger partial charge in [0, 0.05) is 11.4 Å². The lowest BCUT2D eigenvalue weighted by Gasteiger charge is -2.20. The van der Waals surface area contributed by atoms with Crippen LogP contribution in [0.2, 0.25) is 0 Å². The van der Waals surface area contributed by atoms with Gasteiger partial charge in [-0.1, -0.05) is 24.6 Å².